The summed E-state index contributed by atoms with van der Waals surface area (Å²) in [4.78, 5) is 0. The van der Waals surface area contributed by atoms with Gasteiger partial charge in [0.15, 0.2) is 0 Å². The molecule has 0 bridgehead atoms. The molecule has 6 nitrogen and oxygen atoms in total. The van der Waals surface area contributed by atoms with Crippen molar-refractivity contribution in [2.24, 2.45) is 0 Å². The van der Waals surface area contributed by atoms with Crippen LogP contribution in [0.15, 0.2) is 0 Å². The van der Waals surface area contributed by atoms with E-state index in [9.17, 15) is 0 Å². The van der Waals surface area contributed by atoms with Gasteiger partial charge < -0.3 is 20.6 Å². The van der Waals surface area contributed by atoms with Crippen LogP contribution in [-0.2, 0) is 20.6 Å². The zero-order valence-electron chi connectivity index (χ0n) is 16.0. The number of rotatable bonds is 1. The number of hydrogen-bond acceptors (Lipinski definition) is 6. The zero-order valence-corrected chi connectivity index (χ0v) is 21.0. The van der Waals surface area contributed by atoms with E-state index in [1.807, 2.05) is 14.1 Å². The van der Waals surface area contributed by atoms with Crippen LogP contribution >= 0.6 is 0 Å². The van der Waals surface area contributed by atoms with Crippen molar-refractivity contribution in [2.45, 2.75) is 58.9 Å². The van der Waals surface area contributed by atoms with E-state index in [1.165, 1.54) is 0 Å². The standard InChI is InChI=1S/C11H33NO5Si5/c1-12(2)22(11)16-20(7,8)14-18(3,4)13-19(5,6)15-21(9,10)17-22/h1-11H3. The van der Waals surface area contributed by atoms with Gasteiger partial charge in [0.25, 0.3) is 0 Å². The Morgan fingerprint density at radius 2 is 0.682 bits per heavy atom. The highest BCUT2D eigenvalue weighted by Gasteiger charge is 2.53. The highest BCUT2D eigenvalue weighted by Crippen LogP contribution is 2.31. The molecule has 1 rings (SSSR count). The Morgan fingerprint density at radius 1 is 0.455 bits per heavy atom. The van der Waals surface area contributed by atoms with Gasteiger partial charge in [0, 0.05) is 0 Å². The van der Waals surface area contributed by atoms with Crippen LogP contribution in [0.3, 0.4) is 0 Å². The molecule has 0 atom stereocenters. The Balaban J connectivity index is 3.28. The Labute approximate surface area is 141 Å². The molecule has 132 valence electrons. The highest BCUT2D eigenvalue weighted by atomic mass is 28.5. The van der Waals surface area contributed by atoms with Crippen molar-refractivity contribution >= 4 is 43.0 Å². The first-order valence-electron chi connectivity index (χ1n) is 7.66. The summed E-state index contributed by atoms with van der Waals surface area (Å²) in [5, 5.41) is 0. The molecule has 1 aliphatic rings. The fraction of sp³-hybridized carbons (Fsp3) is 1.00. The molecule has 0 aliphatic carbocycles. The molecule has 0 saturated carbocycles. The maximum atomic E-state index is 6.49. The van der Waals surface area contributed by atoms with Gasteiger partial charge in [-0.2, -0.15) is 0 Å². The van der Waals surface area contributed by atoms with E-state index in [1.54, 1.807) is 0 Å². The first-order chi connectivity index (χ1) is 9.48. The monoisotopic (exact) mass is 399 g/mol. The van der Waals surface area contributed by atoms with Gasteiger partial charge in [-0.05, 0) is 73.0 Å². The molecule has 0 unspecified atom stereocenters. The lowest BCUT2D eigenvalue weighted by Gasteiger charge is -2.48. The smallest absolute Gasteiger partial charge is 0.406 e. The number of hydrogen-bond donors (Lipinski definition) is 0. The molecule has 0 aromatic carbocycles. The summed E-state index contributed by atoms with van der Waals surface area (Å²) in [5.74, 6) is 0. The van der Waals surface area contributed by atoms with E-state index in [4.69, 9.17) is 20.6 Å². The lowest BCUT2D eigenvalue weighted by Crippen LogP contribution is -2.68. The summed E-state index contributed by atoms with van der Waals surface area (Å²) in [6, 6.07) is 0. The van der Waals surface area contributed by atoms with Crippen LogP contribution in [0.25, 0.3) is 0 Å². The fourth-order valence-electron chi connectivity index (χ4n) is 2.97. The van der Waals surface area contributed by atoms with Crippen LogP contribution in [0.4, 0.5) is 0 Å². The van der Waals surface area contributed by atoms with E-state index >= 15 is 0 Å². The Bertz CT molecular complexity index is 386. The predicted octanol–water partition coefficient (Wildman–Crippen LogP) is 3.02. The molecule has 1 heterocycles. The lowest BCUT2D eigenvalue weighted by atomic mass is 11.3. The summed E-state index contributed by atoms with van der Waals surface area (Å²) in [6.07, 6.45) is 0. The SMILES string of the molecule is CN(C)[Si]1(C)O[Si](C)(C)O[Si](C)(C)O[Si](C)(C)O[Si](C)(C)O1. The van der Waals surface area contributed by atoms with Crippen LogP contribution in [0.2, 0.25) is 58.9 Å². The minimum absolute atomic E-state index is 2.01. The van der Waals surface area contributed by atoms with Gasteiger partial charge in [0.1, 0.15) is 0 Å². The lowest BCUT2D eigenvalue weighted by molar-refractivity contribution is 0.208. The summed E-state index contributed by atoms with van der Waals surface area (Å²) in [7, 11) is -7.89. The third-order valence-corrected chi connectivity index (χ3v) is 23.5. The summed E-state index contributed by atoms with van der Waals surface area (Å²) >= 11 is 0. The molecule has 1 fully saturated rings. The minimum Gasteiger partial charge on any atom is -0.416 e. The molecule has 0 amide bonds. The Hall–Kier alpha value is 0.844. The van der Waals surface area contributed by atoms with Gasteiger partial charge in [0.05, 0.1) is 0 Å². The topological polar surface area (TPSA) is 49.4 Å². The van der Waals surface area contributed by atoms with Crippen molar-refractivity contribution in [2.75, 3.05) is 14.1 Å². The van der Waals surface area contributed by atoms with Gasteiger partial charge >= 0.3 is 43.0 Å². The molecule has 11 heteroatoms. The molecule has 22 heavy (non-hydrogen) atoms. The van der Waals surface area contributed by atoms with E-state index in [0.717, 1.165) is 0 Å². The van der Waals surface area contributed by atoms with E-state index in [-0.39, 0.29) is 0 Å². The van der Waals surface area contributed by atoms with Crippen LogP contribution in [0.1, 0.15) is 0 Å². The van der Waals surface area contributed by atoms with Crippen molar-refractivity contribution in [3.63, 3.8) is 0 Å². The molecule has 1 saturated heterocycles. The molecular formula is C11H33NO5Si5. The predicted molar refractivity (Wildman–Crippen MR) is 101 cm³/mol. The molecule has 0 spiro atoms. The average Bonchev–Trinajstić information content (AvgIpc) is 2.04. The normalized spacial score (nSPS) is 30.0. The van der Waals surface area contributed by atoms with Gasteiger partial charge in [-0.25, -0.2) is 0 Å². The summed E-state index contributed by atoms with van der Waals surface area (Å²) in [5.41, 5.74) is 0. The van der Waals surface area contributed by atoms with Gasteiger partial charge in [-0.15, -0.1) is 0 Å². The van der Waals surface area contributed by atoms with Crippen molar-refractivity contribution in [3.8, 4) is 0 Å². The van der Waals surface area contributed by atoms with Crippen molar-refractivity contribution in [1.82, 2.24) is 4.57 Å². The average molecular weight is 400 g/mol. The third kappa shape index (κ3) is 6.05. The van der Waals surface area contributed by atoms with Gasteiger partial charge in [-0.1, -0.05) is 0 Å². The van der Waals surface area contributed by atoms with Gasteiger partial charge in [-0.3, -0.25) is 4.57 Å². The third-order valence-electron chi connectivity index (χ3n) is 3.16. The maximum Gasteiger partial charge on any atom is 0.406 e. The highest BCUT2D eigenvalue weighted by molar-refractivity contribution is 6.92. The second kappa shape index (κ2) is 6.29. The van der Waals surface area contributed by atoms with Crippen LogP contribution in [-0.4, -0.2) is 61.6 Å². The minimum atomic E-state index is -2.55. The van der Waals surface area contributed by atoms with Crippen LogP contribution in [0, 0.1) is 0 Å². The Kier molecular flexibility index (Phi) is 5.97. The Morgan fingerprint density at radius 3 is 0.909 bits per heavy atom. The quantitative estimate of drug-likeness (QED) is 0.632. The van der Waals surface area contributed by atoms with Crippen molar-refractivity contribution < 1.29 is 20.6 Å². The molecule has 0 aromatic heterocycles. The van der Waals surface area contributed by atoms with Crippen LogP contribution in [0.5, 0.6) is 0 Å². The first kappa shape index (κ1) is 20.9. The molecule has 1 aliphatic heterocycles. The zero-order chi connectivity index (χ0) is 17.6. The second-order valence-corrected chi connectivity index (χ2v) is 25.9. The fourth-order valence-corrected chi connectivity index (χ4v) is 28.6. The van der Waals surface area contributed by atoms with Crippen LogP contribution < -0.4 is 0 Å². The molecular weight excluding hydrogens is 367 g/mol. The number of nitrogens with zero attached hydrogens (tertiary/aromatic N) is 1. The van der Waals surface area contributed by atoms with E-state index in [0.29, 0.717) is 0 Å². The summed E-state index contributed by atoms with van der Waals surface area (Å²) < 4.78 is 34.2. The second-order valence-electron chi connectivity index (χ2n) is 7.90. The summed E-state index contributed by atoms with van der Waals surface area (Å²) in [6.45, 7) is 18.7. The van der Waals surface area contributed by atoms with Gasteiger partial charge in [0.2, 0.25) is 0 Å². The molecule has 0 radical (unpaired) electrons. The molecule has 0 N–H and O–H groups in total. The first-order valence-corrected chi connectivity index (χ1v) is 21.2. The molecule has 0 aromatic rings. The van der Waals surface area contributed by atoms with Crippen molar-refractivity contribution in [1.29, 1.82) is 0 Å². The maximum absolute atomic E-state index is 6.49. The van der Waals surface area contributed by atoms with Crippen molar-refractivity contribution in [3.05, 3.63) is 0 Å². The van der Waals surface area contributed by atoms with E-state index < -0.39 is 43.0 Å². The van der Waals surface area contributed by atoms with E-state index in [2.05, 4.69) is 63.5 Å². The largest absolute Gasteiger partial charge is 0.416 e.